The number of carbonyl (C=O) groups excluding carboxylic acids is 1. The maximum atomic E-state index is 8.95. The zero-order valence-electron chi connectivity index (χ0n) is 22.1. The van der Waals surface area contributed by atoms with Crippen LogP contribution >= 0.6 is 0 Å². The number of hydrogen-bond donors (Lipinski definition) is 0. The van der Waals surface area contributed by atoms with Crippen molar-refractivity contribution in [3.05, 3.63) is 34.4 Å². The quantitative estimate of drug-likeness (QED) is 0.339. The van der Waals surface area contributed by atoms with Crippen LogP contribution in [0.4, 0.5) is 0 Å². The Morgan fingerprint density at radius 2 is 1.68 bits per heavy atom. The molecule has 0 aromatic carbocycles. The first-order valence-electron chi connectivity index (χ1n) is 13.1. The molecule has 31 heavy (non-hydrogen) atoms. The molecule has 2 rings (SSSR count). The van der Waals surface area contributed by atoms with Gasteiger partial charge in [-0.15, -0.1) is 0 Å². The molecule has 0 aliphatic heterocycles. The van der Waals surface area contributed by atoms with E-state index in [0.717, 1.165) is 17.8 Å². The average Bonchev–Trinajstić information content (AvgIpc) is 2.81. The first-order valence-corrected chi connectivity index (χ1v) is 13.1. The molecule has 2 aliphatic rings. The molecule has 2 aliphatic carbocycles. The van der Waals surface area contributed by atoms with E-state index in [2.05, 4.69) is 51.5 Å². The van der Waals surface area contributed by atoms with Gasteiger partial charge in [0, 0.05) is 0 Å². The predicted molar refractivity (Wildman–Crippen MR) is 137 cm³/mol. The van der Waals surface area contributed by atoms with Gasteiger partial charge in [-0.2, -0.15) is 0 Å². The lowest BCUT2D eigenvalue weighted by Crippen LogP contribution is -2.22. The molecule has 0 saturated heterocycles. The average molecular weight is 433 g/mol. The van der Waals surface area contributed by atoms with Crippen LogP contribution in [-0.4, -0.2) is 13.6 Å². The van der Waals surface area contributed by atoms with Gasteiger partial charge in [0.05, 0.1) is 7.11 Å². The van der Waals surface area contributed by atoms with E-state index in [0.29, 0.717) is 6.47 Å². The van der Waals surface area contributed by atoms with Gasteiger partial charge in [0.2, 0.25) is 0 Å². The van der Waals surface area contributed by atoms with E-state index in [1.807, 2.05) is 13.8 Å². The van der Waals surface area contributed by atoms with Gasteiger partial charge < -0.3 is 4.74 Å². The standard InChI is InChI=1S/C25H42.C2H4O2.C2H6/c1-6-13-25(24-17-12-9-14-19(24)4)23(8-3)20(5)18-22-16-11-10-15-21(22)7-2;1-4-2-3;1-2/h14,17,20-22H,6-13,15-16,18H2,1-5H3;2H,1H3;1-2H3/b25-23+;;. The van der Waals surface area contributed by atoms with Crippen molar-refractivity contribution in [2.24, 2.45) is 17.8 Å². The Kier molecular flexibility index (Phi) is 17.5. The minimum Gasteiger partial charge on any atom is -0.471 e. The van der Waals surface area contributed by atoms with Crippen molar-refractivity contribution < 1.29 is 9.53 Å². The van der Waals surface area contributed by atoms with E-state index in [9.17, 15) is 0 Å². The van der Waals surface area contributed by atoms with Gasteiger partial charge in [0.15, 0.2) is 0 Å². The molecule has 0 radical (unpaired) electrons. The van der Waals surface area contributed by atoms with Gasteiger partial charge in [-0.05, 0) is 73.5 Å². The predicted octanol–water partition coefficient (Wildman–Crippen LogP) is 9.22. The lowest BCUT2D eigenvalue weighted by molar-refractivity contribution is -0.126. The summed E-state index contributed by atoms with van der Waals surface area (Å²) in [7, 11) is 1.31. The minimum atomic E-state index is 0.375. The maximum Gasteiger partial charge on any atom is 0.292 e. The van der Waals surface area contributed by atoms with E-state index in [1.54, 1.807) is 16.7 Å². The van der Waals surface area contributed by atoms with Crippen molar-refractivity contribution in [1.29, 1.82) is 0 Å². The highest BCUT2D eigenvalue weighted by Gasteiger charge is 2.27. The monoisotopic (exact) mass is 432 g/mol. The van der Waals surface area contributed by atoms with Gasteiger partial charge in [0.25, 0.3) is 6.47 Å². The second kappa shape index (κ2) is 18.3. The van der Waals surface area contributed by atoms with Crippen molar-refractivity contribution in [2.75, 3.05) is 7.11 Å². The van der Waals surface area contributed by atoms with Crippen LogP contribution in [0.5, 0.6) is 0 Å². The molecule has 1 fully saturated rings. The van der Waals surface area contributed by atoms with Crippen molar-refractivity contribution in [2.45, 2.75) is 119 Å². The van der Waals surface area contributed by atoms with E-state index >= 15 is 0 Å². The zero-order chi connectivity index (χ0) is 23.6. The highest BCUT2D eigenvalue weighted by molar-refractivity contribution is 5.49. The Balaban J connectivity index is 0.00000134. The molecule has 2 heteroatoms. The fraction of sp³-hybridized carbons (Fsp3) is 0.759. The van der Waals surface area contributed by atoms with Gasteiger partial charge >= 0.3 is 0 Å². The molecule has 2 nitrogen and oxygen atoms in total. The molecular weight excluding hydrogens is 380 g/mol. The molecule has 0 aromatic heterocycles. The van der Waals surface area contributed by atoms with Crippen LogP contribution in [0.3, 0.4) is 0 Å². The third kappa shape index (κ3) is 10.2. The summed E-state index contributed by atoms with van der Waals surface area (Å²) in [6, 6.07) is 0. The molecule has 0 aromatic rings. The SMILES string of the molecule is CC.CCC/C(C1=CCCC=C1C)=C(/CC)C(C)CC1CCCCC1CC.COC=O. The van der Waals surface area contributed by atoms with E-state index in [4.69, 9.17) is 4.79 Å². The first kappa shape index (κ1) is 29.7. The third-order valence-corrected chi connectivity index (χ3v) is 6.92. The van der Waals surface area contributed by atoms with Gasteiger partial charge in [-0.3, -0.25) is 4.79 Å². The smallest absolute Gasteiger partial charge is 0.292 e. The second-order valence-corrected chi connectivity index (χ2v) is 8.87. The molecule has 0 heterocycles. The van der Waals surface area contributed by atoms with Crippen molar-refractivity contribution in [1.82, 2.24) is 0 Å². The lowest BCUT2D eigenvalue weighted by atomic mass is 9.71. The van der Waals surface area contributed by atoms with Crippen molar-refractivity contribution in [3.63, 3.8) is 0 Å². The molecule has 0 N–H and O–H groups in total. The Labute approximate surface area is 194 Å². The maximum absolute atomic E-state index is 8.95. The Morgan fingerprint density at radius 1 is 1.10 bits per heavy atom. The number of rotatable bonds is 9. The summed E-state index contributed by atoms with van der Waals surface area (Å²) in [4.78, 5) is 8.95. The summed E-state index contributed by atoms with van der Waals surface area (Å²) in [5.74, 6) is 2.70. The second-order valence-electron chi connectivity index (χ2n) is 8.87. The van der Waals surface area contributed by atoms with E-state index in [-0.39, 0.29) is 0 Å². The number of methoxy groups -OCH3 is 1. The summed E-state index contributed by atoms with van der Waals surface area (Å²) < 4.78 is 3.86. The number of carbonyl (C=O) groups is 1. The molecule has 1 saturated carbocycles. The van der Waals surface area contributed by atoms with Gasteiger partial charge in [-0.1, -0.05) is 97.8 Å². The number of hydrogen-bond acceptors (Lipinski definition) is 2. The summed E-state index contributed by atoms with van der Waals surface area (Å²) in [6.07, 6.45) is 19.9. The fourth-order valence-electron chi connectivity index (χ4n) is 5.47. The van der Waals surface area contributed by atoms with Crippen LogP contribution in [0, 0.1) is 17.8 Å². The van der Waals surface area contributed by atoms with Gasteiger partial charge in [-0.25, -0.2) is 0 Å². The molecule has 0 spiro atoms. The highest BCUT2D eigenvalue weighted by atomic mass is 16.5. The number of ether oxygens (including phenoxy) is 1. The molecule has 3 unspecified atom stereocenters. The van der Waals surface area contributed by atoms with Crippen LogP contribution in [0.1, 0.15) is 119 Å². The minimum absolute atomic E-state index is 0.375. The summed E-state index contributed by atoms with van der Waals surface area (Å²) in [5, 5.41) is 0. The molecule has 0 amide bonds. The van der Waals surface area contributed by atoms with Crippen LogP contribution in [0.2, 0.25) is 0 Å². The summed E-state index contributed by atoms with van der Waals surface area (Å²) >= 11 is 0. The topological polar surface area (TPSA) is 26.3 Å². The van der Waals surface area contributed by atoms with Crippen LogP contribution < -0.4 is 0 Å². The van der Waals surface area contributed by atoms with E-state index < -0.39 is 0 Å². The third-order valence-electron chi connectivity index (χ3n) is 6.92. The Morgan fingerprint density at radius 3 is 2.16 bits per heavy atom. The van der Waals surface area contributed by atoms with Crippen LogP contribution in [0.25, 0.3) is 0 Å². The summed E-state index contributed by atoms with van der Waals surface area (Å²) in [5.41, 5.74) is 6.59. The Hall–Kier alpha value is -1.31. The molecule has 180 valence electrons. The Bertz CT molecular complexity index is 567. The number of allylic oxidation sites excluding steroid dienone is 6. The highest BCUT2D eigenvalue weighted by Crippen LogP contribution is 2.40. The molecular formula is C29H52O2. The van der Waals surface area contributed by atoms with Crippen LogP contribution in [0.15, 0.2) is 34.4 Å². The van der Waals surface area contributed by atoms with E-state index in [1.165, 1.54) is 83.3 Å². The summed E-state index contributed by atoms with van der Waals surface area (Å²) in [6.45, 7) is 16.4. The van der Waals surface area contributed by atoms with Gasteiger partial charge in [0.1, 0.15) is 0 Å². The molecule has 0 bridgehead atoms. The lowest BCUT2D eigenvalue weighted by Gasteiger charge is -2.34. The zero-order valence-corrected chi connectivity index (χ0v) is 22.1. The fourth-order valence-corrected chi connectivity index (χ4v) is 5.47. The largest absolute Gasteiger partial charge is 0.471 e. The first-order chi connectivity index (χ1) is 15.0. The van der Waals surface area contributed by atoms with Crippen molar-refractivity contribution >= 4 is 6.47 Å². The normalized spacial score (nSPS) is 22.3. The molecule has 3 atom stereocenters. The van der Waals surface area contributed by atoms with Crippen LogP contribution in [-0.2, 0) is 9.53 Å². The van der Waals surface area contributed by atoms with Crippen molar-refractivity contribution in [3.8, 4) is 0 Å².